The number of carbonyl (C=O) groups is 2. The third kappa shape index (κ3) is 2.76. The lowest BCUT2D eigenvalue weighted by Crippen LogP contribution is -2.67. The van der Waals surface area contributed by atoms with Gasteiger partial charge in [-0.3, -0.25) is 14.6 Å². The Bertz CT molecular complexity index is 1150. The van der Waals surface area contributed by atoms with Crippen LogP contribution in [0.3, 0.4) is 0 Å². The van der Waals surface area contributed by atoms with Gasteiger partial charge in [-0.05, 0) is 43.3 Å². The van der Waals surface area contributed by atoms with Crippen molar-refractivity contribution in [1.29, 1.82) is 0 Å². The number of hydrogen-bond acceptors (Lipinski definition) is 3. The SMILES string of the molecule is C[C@@]12C[C@@H](c3ccccc3O1)N(C(=O)c1cccc(F)c1)C(=O)N2c1ccccc1. The molecule has 3 amide bonds. The summed E-state index contributed by atoms with van der Waals surface area (Å²) in [5.41, 5.74) is 0.556. The minimum atomic E-state index is -0.962. The average molecular weight is 402 g/mol. The number of nitrogens with zero attached hydrogens (tertiary/aromatic N) is 2. The molecule has 5 nitrogen and oxygen atoms in total. The number of rotatable bonds is 2. The van der Waals surface area contributed by atoms with Crippen molar-refractivity contribution in [3.8, 4) is 5.75 Å². The molecule has 0 saturated carbocycles. The minimum Gasteiger partial charge on any atom is -0.467 e. The summed E-state index contributed by atoms with van der Waals surface area (Å²) in [6, 6.07) is 20.9. The number of hydrogen-bond donors (Lipinski definition) is 0. The zero-order valence-corrected chi connectivity index (χ0v) is 16.3. The van der Waals surface area contributed by atoms with Gasteiger partial charge in [0.15, 0.2) is 5.72 Å². The van der Waals surface area contributed by atoms with Gasteiger partial charge in [0.25, 0.3) is 5.91 Å². The molecule has 6 heteroatoms. The van der Waals surface area contributed by atoms with E-state index >= 15 is 0 Å². The Hall–Kier alpha value is -3.67. The fourth-order valence-corrected chi connectivity index (χ4v) is 4.36. The zero-order valence-electron chi connectivity index (χ0n) is 16.3. The van der Waals surface area contributed by atoms with Gasteiger partial charge in [-0.15, -0.1) is 0 Å². The quantitative estimate of drug-likeness (QED) is 0.596. The fraction of sp³-hybridized carbons (Fsp3) is 0.167. The summed E-state index contributed by atoms with van der Waals surface area (Å²) in [6.45, 7) is 1.85. The molecule has 0 unspecified atom stereocenters. The van der Waals surface area contributed by atoms with Gasteiger partial charge in [-0.2, -0.15) is 0 Å². The lowest BCUT2D eigenvalue weighted by Gasteiger charge is -2.53. The van der Waals surface area contributed by atoms with E-state index < -0.39 is 29.5 Å². The molecule has 2 heterocycles. The van der Waals surface area contributed by atoms with Crippen molar-refractivity contribution in [2.75, 3.05) is 4.90 Å². The van der Waals surface area contributed by atoms with Crippen LogP contribution in [0.15, 0.2) is 78.9 Å². The second-order valence-corrected chi connectivity index (χ2v) is 7.67. The van der Waals surface area contributed by atoms with Crippen LogP contribution in [0.4, 0.5) is 14.9 Å². The Morgan fingerprint density at radius 3 is 2.53 bits per heavy atom. The second kappa shape index (κ2) is 6.69. The summed E-state index contributed by atoms with van der Waals surface area (Å²) in [6.07, 6.45) is 0.395. The van der Waals surface area contributed by atoms with Crippen molar-refractivity contribution in [3.63, 3.8) is 0 Å². The van der Waals surface area contributed by atoms with E-state index in [1.807, 2.05) is 49.4 Å². The summed E-state index contributed by atoms with van der Waals surface area (Å²) in [7, 11) is 0. The molecule has 2 atom stereocenters. The number of imide groups is 1. The summed E-state index contributed by atoms with van der Waals surface area (Å²) in [4.78, 5) is 29.9. The highest BCUT2D eigenvalue weighted by Crippen LogP contribution is 2.49. The predicted octanol–water partition coefficient (Wildman–Crippen LogP) is 5.15. The van der Waals surface area contributed by atoms with Crippen LogP contribution in [-0.2, 0) is 0 Å². The summed E-state index contributed by atoms with van der Waals surface area (Å²) < 4.78 is 20.1. The molecular weight excluding hydrogens is 383 g/mol. The van der Waals surface area contributed by atoms with Gasteiger partial charge in [-0.25, -0.2) is 9.18 Å². The Morgan fingerprint density at radius 2 is 1.77 bits per heavy atom. The average Bonchev–Trinajstić information content (AvgIpc) is 2.74. The van der Waals surface area contributed by atoms with E-state index in [1.54, 1.807) is 12.1 Å². The maximum atomic E-state index is 13.8. The van der Waals surface area contributed by atoms with Crippen LogP contribution in [0.25, 0.3) is 0 Å². The number of ether oxygens (including phenoxy) is 1. The highest BCUT2D eigenvalue weighted by atomic mass is 19.1. The summed E-state index contributed by atoms with van der Waals surface area (Å²) in [5.74, 6) is -0.437. The zero-order chi connectivity index (χ0) is 20.9. The molecule has 0 spiro atoms. The Labute approximate surface area is 173 Å². The normalized spacial score (nSPS) is 22.3. The molecule has 30 heavy (non-hydrogen) atoms. The molecule has 2 bridgehead atoms. The van der Waals surface area contributed by atoms with Gasteiger partial charge >= 0.3 is 6.03 Å². The molecule has 3 aromatic rings. The fourth-order valence-electron chi connectivity index (χ4n) is 4.36. The standard InChI is InChI=1S/C24H19FN2O3/c1-24-15-20(19-12-5-6-13-21(19)30-24)26(22(28)16-8-7-9-17(25)14-16)23(29)27(24)18-10-3-2-4-11-18/h2-14,20H,15H2,1H3/t20-,24-/m0/s1. The highest BCUT2D eigenvalue weighted by molar-refractivity contribution is 6.10. The Morgan fingerprint density at radius 1 is 1.03 bits per heavy atom. The minimum absolute atomic E-state index is 0.129. The number of urea groups is 1. The van der Waals surface area contributed by atoms with Gasteiger partial charge in [0.2, 0.25) is 0 Å². The molecule has 1 fully saturated rings. The first-order chi connectivity index (χ1) is 14.5. The van der Waals surface area contributed by atoms with Gasteiger partial charge in [-0.1, -0.05) is 42.5 Å². The van der Waals surface area contributed by atoms with E-state index in [0.29, 0.717) is 17.9 Å². The van der Waals surface area contributed by atoms with Crippen LogP contribution < -0.4 is 9.64 Å². The lowest BCUT2D eigenvalue weighted by molar-refractivity contribution is 0.00266. The van der Waals surface area contributed by atoms with Crippen LogP contribution in [0, 0.1) is 5.82 Å². The van der Waals surface area contributed by atoms with Crippen molar-refractivity contribution in [3.05, 3.63) is 95.8 Å². The largest absolute Gasteiger partial charge is 0.467 e. The smallest absolute Gasteiger partial charge is 0.335 e. The molecule has 150 valence electrons. The number of halogens is 1. The molecular formula is C24H19FN2O3. The van der Waals surface area contributed by atoms with E-state index in [0.717, 1.165) is 11.6 Å². The van der Waals surface area contributed by atoms with Crippen LogP contribution in [0.5, 0.6) is 5.75 Å². The molecule has 0 aliphatic carbocycles. The van der Waals surface area contributed by atoms with Gasteiger partial charge < -0.3 is 4.74 Å². The molecule has 2 aliphatic rings. The molecule has 2 aliphatic heterocycles. The monoisotopic (exact) mass is 402 g/mol. The van der Waals surface area contributed by atoms with Crippen LogP contribution >= 0.6 is 0 Å². The number of anilines is 1. The first-order valence-corrected chi connectivity index (χ1v) is 9.74. The number of benzene rings is 3. The molecule has 0 aromatic heterocycles. The van der Waals surface area contributed by atoms with E-state index in [1.165, 1.54) is 28.0 Å². The van der Waals surface area contributed by atoms with E-state index in [-0.39, 0.29) is 5.56 Å². The number of amides is 3. The molecule has 5 rings (SSSR count). The number of fused-ring (bicyclic) bond motifs is 4. The first kappa shape index (κ1) is 18.4. The van der Waals surface area contributed by atoms with Crippen LogP contribution in [-0.4, -0.2) is 22.6 Å². The lowest BCUT2D eigenvalue weighted by atomic mass is 9.88. The van der Waals surface area contributed by atoms with Gasteiger partial charge in [0.1, 0.15) is 11.6 Å². The Kier molecular flexibility index (Phi) is 4.10. The first-order valence-electron chi connectivity index (χ1n) is 9.74. The molecule has 0 N–H and O–H groups in total. The second-order valence-electron chi connectivity index (χ2n) is 7.67. The topological polar surface area (TPSA) is 49.9 Å². The van der Waals surface area contributed by atoms with Crippen LogP contribution in [0.1, 0.15) is 35.3 Å². The number of carbonyl (C=O) groups excluding carboxylic acids is 2. The van der Waals surface area contributed by atoms with Crippen molar-refractivity contribution in [2.24, 2.45) is 0 Å². The predicted molar refractivity (Wildman–Crippen MR) is 110 cm³/mol. The maximum Gasteiger partial charge on any atom is 0.335 e. The summed E-state index contributed by atoms with van der Waals surface area (Å²) in [5, 5.41) is 0. The van der Waals surface area contributed by atoms with E-state index in [9.17, 15) is 14.0 Å². The number of para-hydroxylation sites is 2. The van der Waals surface area contributed by atoms with E-state index in [4.69, 9.17) is 4.74 Å². The van der Waals surface area contributed by atoms with Crippen molar-refractivity contribution < 1.29 is 18.7 Å². The molecule has 0 radical (unpaired) electrons. The van der Waals surface area contributed by atoms with Crippen molar-refractivity contribution in [2.45, 2.75) is 25.1 Å². The highest BCUT2D eigenvalue weighted by Gasteiger charge is 2.55. The maximum absolute atomic E-state index is 13.8. The molecule has 1 saturated heterocycles. The van der Waals surface area contributed by atoms with Crippen LogP contribution in [0.2, 0.25) is 0 Å². The third-order valence-corrected chi connectivity index (χ3v) is 5.67. The van der Waals surface area contributed by atoms with Gasteiger partial charge in [0, 0.05) is 23.2 Å². The third-order valence-electron chi connectivity index (χ3n) is 5.67. The van der Waals surface area contributed by atoms with Gasteiger partial charge in [0.05, 0.1) is 6.04 Å². The van der Waals surface area contributed by atoms with Crippen molar-refractivity contribution in [1.82, 2.24) is 4.90 Å². The van der Waals surface area contributed by atoms with Crippen molar-refractivity contribution >= 4 is 17.6 Å². The summed E-state index contributed by atoms with van der Waals surface area (Å²) >= 11 is 0. The van der Waals surface area contributed by atoms with E-state index in [2.05, 4.69) is 0 Å². The molecule has 3 aromatic carbocycles. The Balaban J connectivity index is 1.68.